The fourth-order valence-electron chi connectivity index (χ4n) is 5.01. The normalized spacial score (nSPS) is 11.6. The largest absolute Gasteiger partial charge is 0.493 e. The molecule has 226 valence electrons. The number of ether oxygens (including phenoxy) is 1. The molecule has 6 aromatic rings. The van der Waals surface area contributed by atoms with Crippen molar-refractivity contribution in [3.63, 3.8) is 0 Å². The maximum absolute atomic E-state index is 13.2. The molecule has 0 radical (unpaired) electrons. The first-order valence-corrected chi connectivity index (χ1v) is 14.7. The lowest BCUT2D eigenvalue weighted by Gasteiger charge is -2.15. The van der Waals surface area contributed by atoms with E-state index in [0.717, 1.165) is 37.9 Å². The summed E-state index contributed by atoms with van der Waals surface area (Å²) in [6.07, 6.45) is 2.44. The summed E-state index contributed by atoms with van der Waals surface area (Å²) >= 11 is 6.08. The number of hydrogen-bond acceptors (Lipinski definition) is 5. The van der Waals surface area contributed by atoms with Gasteiger partial charge in [0.1, 0.15) is 23.8 Å². The van der Waals surface area contributed by atoms with Crippen LogP contribution in [0, 0.1) is 6.92 Å². The number of hydrogen-bond donors (Lipinski definition) is 4. The number of aromatic hydroxyl groups is 1. The van der Waals surface area contributed by atoms with E-state index in [4.69, 9.17) is 21.3 Å². The Hall–Kier alpha value is -5.54. The van der Waals surface area contributed by atoms with Gasteiger partial charge in [0.15, 0.2) is 0 Å². The Bertz CT molecular complexity index is 2100. The van der Waals surface area contributed by atoms with Crippen molar-refractivity contribution >= 4 is 34.0 Å². The van der Waals surface area contributed by atoms with Crippen molar-refractivity contribution in [2.75, 3.05) is 11.9 Å². The first-order valence-electron chi connectivity index (χ1n) is 14.4. The molecule has 0 saturated carbocycles. The third-order valence-corrected chi connectivity index (χ3v) is 7.61. The topological polar surface area (TPSA) is 124 Å². The van der Waals surface area contributed by atoms with E-state index in [1.165, 1.54) is 0 Å². The van der Waals surface area contributed by atoms with Gasteiger partial charge in [0.25, 0.3) is 5.56 Å². The molecule has 0 spiro atoms. The Morgan fingerprint density at radius 1 is 0.978 bits per heavy atom. The molecule has 4 aromatic carbocycles. The van der Waals surface area contributed by atoms with E-state index in [1.807, 2.05) is 73.8 Å². The van der Waals surface area contributed by atoms with Gasteiger partial charge in [-0.2, -0.15) is 0 Å². The molecule has 0 bridgehead atoms. The van der Waals surface area contributed by atoms with Crippen LogP contribution in [0.2, 0.25) is 5.02 Å². The van der Waals surface area contributed by atoms with Crippen molar-refractivity contribution in [3.05, 3.63) is 151 Å². The van der Waals surface area contributed by atoms with E-state index in [9.17, 15) is 14.7 Å². The maximum Gasteiger partial charge on any atom is 0.335 e. The van der Waals surface area contributed by atoms with Gasteiger partial charge in [0.2, 0.25) is 5.88 Å². The molecule has 0 atom stereocenters. The Morgan fingerprint density at radius 3 is 2.49 bits per heavy atom. The summed E-state index contributed by atoms with van der Waals surface area (Å²) in [6.45, 7) is 2.64. The second-order valence-electron chi connectivity index (χ2n) is 10.5. The predicted octanol–water partition coefficient (Wildman–Crippen LogP) is 6.35. The number of halogens is 1. The zero-order valence-electron chi connectivity index (χ0n) is 24.4. The third kappa shape index (κ3) is 6.68. The van der Waals surface area contributed by atoms with Gasteiger partial charge in [0.05, 0.1) is 5.69 Å². The Balaban J connectivity index is 1.32. The Kier molecular flexibility index (Phi) is 8.52. The number of aromatic amines is 2. The van der Waals surface area contributed by atoms with Crippen LogP contribution in [0.15, 0.2) is 118 Å². The fraction of sp³-hybridized carbons (Fsp3) is 0.114. The zero-order valence-corrected chi connectivity index (χ0v) is 25.1. The zero-order chi connectivity index (χ0) is 31.3. The predicted molar refractivity (Wildman–Crippen MR) is 178 cm³/mol. The molecular formula is C35H30ClN5O4. The quantitative estimate of drug-likeness (QED) is 0.111. The fourth-order valence-corrected chi connectivity index (χ4v) is 5.13. The molecule has 0 fully saturated rings. The monoisotopic (exact) mass is 619 g/mol. The molecule has 0 aliphatic rings. The molecule has 2 heterocycles. The maximum atomic E-state index is 13.2. The first-order chi connectivity index (χ1) is 21.9. The van der Waals surface area contributed by atoms with E-state index in [0.29, 0.717) is 29.4 Å². The van der Waals surface area contributed by atoms with Crippen molar-refractivity contribution in [2.45, 2.75) is 20.0 Å². The van der Waals surface area contributed by atoms with Crippen molar-refractivity contribution in [2.24, 2.45) is 4.99 Å². The van der Waals surface area contributed by atoms with Crippen molar-refractivity contribution < 1.29 is 9.84 Å². The van der Waals surface area contributed by atoms with Crippen LogP contribution in [0.3, 0.4) is 0 Å². The molecule has 6 rings (SSSR count). The van der Waals surface area contributed by atoms with Crippen LogP contribution in [0.1, 0.15) is 22.3 Å². The van der Waals surface area contributed by atoms with Crippen LogP contribution in [0.25, 0.3) is 16.6 Å². The molecule has 0 unspecified atom stereocenters. The lowest BCUT2D eigenvalue weighted by atomic mass is 10.1. The van der Waals surface area contributed by atoms with Crippen molar-refractivity contribution in [1.29, 1.82) is 0 Å². The number of nitrogens with zero attached hydrogens (tertiary/aromatic N) is 2. The van der Waals surface area contributed by atoms with E-state index in [2.05, 4.69) is 15.3 Å². The lowest BCUT2D eigenvalue weighted by Crippen LogP contribution is -2.35. The second kappa shape index (κ2) is 13.0. The minimum atomic E-state index is -0.770. The molecule has 9 nitrogen and oxygen atoms in total. The summed E-state index contributed by atoms with van der Waals surface area (Å²) in [5.41, 5.74) is 3.32. The van der Waals surface area contributed by atoms with Gasteiger partial charge in [-0.05, 0) is 79.1 Å². The van der Waals surface area contributed by atoms with E-state index in [-0.39, 0.29) is 17.9 Å². The number of aryl methyl sites for hydroxylation is 1. The number of aromatic nitrogens is 3. The van der Waals surface area contributed by atoms with Gasteiger partial charge in [-0.3, -0.25) is 14.8 Å². The number of aliphatic imine (C=N–C) groups is 1. The van der Waals surface area contributed by atoms with Crippen LogP contribution in [-0.4, -0.2) is 32.0 Å². The molecule has 0 saturated heterocycles. The van der Waals surface area contributed by atoms with Gasteiger partial charge >= 0.3 is 5.69 Å². The Morgan fingerprint density at radius 2 is 1.73 bits per heavy atom. The molecule has 10 heteroatoms. The SMILES string of the molecule is Cc1ccc(-n2c(O)c(C(=NCCc3c[nH]c4ccc(OCc5ccccc5)cc34)Nc3ccc(Cl)cc3)c(=O)[nH]c2=O)cc1. The number of rotatable bonds is 9. The lowest BCUT2D eigenvalue weighted by molar-refractivity contribution is 0.306. The molecular weight excluding hydrogens is 590 g/mol. The van der Waals surface area contributed by atoms with Crippen LogP contribution < -0.4 is 21.3 Å². The Labute approximate surface area is 263 Å². The highest BCUT2D eigenvalue weighted by Crippen LogP contribution is 2.25. The van der Waals surface area contributed by atoms with Gasteiger partial charge in [0, 0.05) is 34.4 Å². The molecule has 45 heavy (non-hydrogen) atoms. The standard InChI is InChI=1S/C35H30ClN5O4/c1-22-7-13-27(14-8-22)41-34(43)31(33(42)40-35(41)44)32(39-26-11-9-25(36)10-12-26)37-18-17-24-20-38-30-16-15-28(19-29(24)30)45-21-23-5-3-2-4-6-23/h2-16,19-20,38,43H,17-18,21H2,1H3,(H,37,39)(H,40,42,44). The second-order valence-corrected chi connectivity index (χ2v) is 11.0. The minimum Gasteiger partial charge on any atom is -0.493 e. The molecule has 0 aliphatic heterocycles. The number of benzene rings is 4. The number of nitrogens with one attached hydrogen (secondary N) is 3. The molecule has 0 aliphatic carbocycles. The summed E-state index contributed by atoms with van der Waals surface area (Å²) in [7, 11) is 0. The summed E-state index contributed by atoms with van der Waals surface area (Å²) in [5, 5.41) is 16.0. The highest BCUT2D eigenvalue weighted by atomic mass is 35.5. The van der Waals surface area contributed by atoms with Crippen LogP contribution in [0.4, 0.5) is 5.69 Å². The molecule has 2 aromatic heterocycles. The number of amidine groups is 1. The highest BCUT2D eigenvalue weighted by molar-refractivity contribution is 6.30. The summed E-state index contributed by atoms with van der Waals surface area (Å²) in [5.74, 6) is 0.319. The van der Waals surface area contributed by atoms with E-state index >= 15 is 0 Å². The number of H-pyrrole nitrogens is 2. The smallest absolute Gasteiger partial charge is 0.335 e. The van der Waals surface area contributed by atoms with Crippen molar-refractivity contribution in [1.82, 2.24) is 14.5 Å². The van der Waals surface area contributed by atoms with Crippen LogP contribution in [0.5, 0.6) is 11.6 Å². The molecule has 0 amide bonds. The van der Waals surface area contributed by atoms with Crippen LogP contribution >= 0.6 is 11.6 Å². The summed E-state index contributed by atoms with van der Waals surface area (Å²) in [6, 6.07) is 29.7. The average Bonchev–Trinajstić information content (AvgIpc) is 3.44. The van der Waals surface area contributed by atoms with Gasteiger partial charge < -0.3 is 20.1 Å². The van der Waals surface area contributed by atoms with Crippen molar-refractivity contribution in [3.8, 4) is 17.3 Å². The average molecular weight is 620 g/mol. The summed E-state index contributed by atoms with van der Waals surface area (Å²) in [4.78, 5) is 36.3. The first kappa shape index (κ1) is 29.5. The van der Waals surface area contributed by atoms with Gasteiger partial charge in [-0.25, -0.2) is 9.36 Å². The van der Waals surface area contributed by atoms with E-state index < -0.39 is 17.1 Å². The minimum absolute atomic E-state index is 0.101. The van der Waals surface area contributed by atoms with Gasteiger partial charge in [-0.15, -0.1) is 0 Å². The molecule has 4 N–H and O–H groups in total. The summed E-state index contributed by atoms with van der Waals surface area (Å²) < 4.78 is 7.08. The van der Waals surface area contributed by atoms with Gasteiger partial charge in [-0.1, -0.05) is 59.6 Å². The number of anilines is 1. The number of fused-ring (bicyclic) bond motifs is 1. The van der Waals surface area contributed by atoms with Crippen LogP contribution in [-0.2, 0) is 13.0 Å². The third-order valence-electron chi connectivity index (χ3n) is 7.36. The van der Waals surface area contributed by atoms with E-state index in [1.54, 1.807) is 36.4 Å². The highest BCUT2D eigenvalue weighted by Gasteiger charge is 2.21.